The monoisotopic (exact) mass is 224 g/mol. The van der Waals surface area contributed by atoms with Gasteiger partial charge in [-0.05, 0) is 17.8 Å². The predicted octanol–water partition coefficient (Wildman–Crippen LogP) is 2.84. The van der Waals surface area contributed by atoms with E-state index < -0.39 is 0 Å². The quantitative estimate of drug-likeness (QED) is 0.535. The van der Waals surface area contributed by atoms with Crippen molar-refractivity contribution in [1.82, 2.24) is 0 Å². The lowest BCUT2D eigenvalue weighted by molar-refractivity contribution is 0.154. The summed E-state index contributed by atoms with van der Waals surface area (Å²) in [4.78, 5) is 24.2. The Labute approximate surface area is 96.9 Å². The highest BCUT2D eigenvalue weighted by Gasteiger charge is 2.27. The molecule has 0 amide bonds. The molecule has 0 heterocycles. The van der Waals surface area contributed by atoms with E-state index in [0.29, 0.717) is 5.41 Å². The number of aliphatic imine (C=N–C) groups is 2. The van der Waals surface area contributed by atoms with Gasteiger partial charge < -0.3 is 0 Å². The van der Waals surface area contributed by atoms with E-state index in [4.69, 9.17) is 0 Å². The first-order valence-electron chi connectivity index (χ1n) is 5.62. The van der Waals surface area contributed by atoms with Crippen LogP contribution in [0.4, 0.5) is 0 Å². The van der Waals surface area contributed by atoms with E-state index in [2.05, 4.69) is 30.8 Å². The molecule has 1 saturated carbocycles. The average molecular weight is 224 g/mol. The molecule has 16 heavy (non-hydrogen) atoms. The number of carbonyl (C=O) groups excluding carboxylic acids is 2. The van der Waals surface area contributed by atoms with Crippen LogP contribution in [0.2, 0.25) is 0 Å². The third-order valence-electron chi connectivity index (χ3n) is 3.31. The molecule has 1 atom stereocenters. The first kappa shape index (κ1) is 14.8. The van der Waals surface area contributed by atoms with Gasteiger partial charge in [0.2, 0.25) is 12.2 Å². The molecule has 1 fully saturated rings. The summed E-state index contributed by atoms with van der Waals surface area (Å²) in [7, 11) is 0. The summed E-state index contributed by atoms with van der Waals surface area (Å²) < 4.78 is 0. The fourth-order valence-corrected chi connectivity index (χ4v) is 1.76. The van der Waals surface area contributed by atoms with Gasteiger partial charge >= 0.3 is 0 Å². The van der Waals surface area contributed by atoms with Crippen molar-refractivity contribution >= 4 is 12.2 Å². The molecule has 90 valence electrons. The van der Waals surface area contributed by atoms with E-state index in [1.807, 2.05) is 0 Å². The average Bonchev–Trinajstić information content (AvgIpc) is 2.24. The second-order valence-electron chi connectivity index (χ2n) is 4.78. The van der Waals surface area contributed by atoms with Gasteiger partial charge in [0.15, 0.2) is 6.67 Å². The van der Waals surface area contributed by atoms with E-state index in [1.165, 1.54) is 37.8 Å². The van der Waals surface area contributed by atoms with E-state index in [9.17, 15) is 9.59 Å². The van der Waals surface area contributed by atoms with E-state index in [1.54, 1.807) is 0 Å². The molecule has 0 radical (unpaired) electrons. The number of nitrogens with zero attached hydrogens (tertiary/aromatic N) is 2. The first-order valence-corrected chi connectivity index (χ1v) is 5.62. The molecule has 1 aliphatic carbocycles. The van der Waals surface area contributed by atoms with Crippen LogP contribution < -0.4 is 0 Å². The van der Waals surface area contributed by atoms with Gasteiger partial charge in [-0.2, -0.15) is 9.98 Å². The minimum atomic E-state index is -0.160. The SMILES string of the molecule is CC1CCCCC1(C)C.O=C=NCN=C=O. The summed E-state index contributed by atoms with van der Waals surface area (Å²) in [6, 6.07) is 0. The number of isocyanates is 2. The molecule has 0 bridgehead atoms. The topological polar surface area (TPSA) is 58.9 Å². The standard InChI is InChI=1S/C9H18.C3H2N2O2/c1-8-6-4-5-7-9(8,2)3;6-2-4-1-5-3-7/h8H,4-7H2,1-3H3;1H2. The summed E-state index contributed by atoms with van der Waals surface area (Å²) in [5, 5.41) is 0. The van der Waals surface area contributed by atoms with Crippen LogP contribution in [-0.4, -0.2) is 18.8 Å². The van der Waals surface area contributed by atoms with E-state index in [0.717, 1.165) is 5.92 Å². The van der Waals surface area contributed by atoms with Crippen LogP contribution in [0.1, 0.15) is 46.5 Å². The van der Waals surface area contributed by atoms with Gasteiger partial charge in [-0.3, -0.25) is 0 Å². The lowest BCUT2D eigenvalue weighted by Gasteiger charge is -2.36. The van der Waals surface area contributed by atoms with Crippen LogP contribution in [0.25, 0.3) is 0 Å². The zero-order chi connectivity index (χ0) is 12.4. The van der Waals surface area contributed by atoms with Crippen molar-refractivity contribution < 1.29 is 9.59 Å². The predicted molar refractivity (Wildman–Crippen MR) is 62.5 cm³/mol. The van der Waals surface area contributed by atoms with Gasteiger partial charge in [0.1, 0.15) is 0 Å². The Kier molecular flexibility index (Phi) is 7.36. The molecule has 4 nitrogen and oxygen atoms in total. The second kappa shape index (κ2) is 7.98. The summed E-state index contributed by atoms with van der Waals surface area (Å²) >= 11 is 0. The van der Waals surface area contributed by atoms with Crippen molar-refractivity contribution in [2.45, 2.75) is 46.5 Å². The maximum atomic E-state index is 9.20. The Bertz CT molecular complexity index is 271. The lowest BCUT2D eigenvalue weighted by atomic mass is 9.70. The van der Waals surface area contributed by atoms with Gasteiger partial charge in [-0.1, -0.05) is 40.0 Å². The Morgan fingerprint density at radius 1 is 1.19 bits per heavy atom. The fraction of sp³-hybridized carbons (Fsp3) is 0.833. The Morgan fingerprint density at radius 3 is 2.06 bits per heavy atom. The molecule has 0 aliphatic heterocycles. The molecule has 0 aromatic carbocycles. The zero-order valence-corrected chi connectivity index (χ0v) is 10.3. The van der Waals surface area contributed by atoms with Crippen LogP contribution in [0.5, 0.6) is 0 Å². The van der Waals surface area contributed by atoms with Gasteiger partial charge in [0, 0.05) is 0 Å². The molecule has 0 spiro atoms. The highest BCUT2D eigenvalue weighted by atomic mass is 16.1. The zero-order valence-electron chi connectivity index (χ0n) is 10.3. The highest BCUT2D eigenvalue weighted by molar-refractivity contribution is 5.35. The smallest absolute Gasteiger partial charge is 0.211 e. The van der Waals surface area contributed by atoms with E-state index >= 15 is 0 Å². The van der Waals surface area contributed by atoms with Crippen LogP contribution in [0.15, 0.2) is 9.98 Å². The molecule has 0 aromatic heterocycles. The van der Waals surface area contributed by atoms with Gasteiger partial charge in [-0.15, -0.1) is 0 Å². The van der Waals surface area contributed by atoms with Crippen LogP contribution >= 0.6 is 0 Å². The molecule has 0 N–H and O–H groups in total. The molecular weight excluding hydrogens is 204 g/mol. The minimum Gasteiger partial charge on any atom is -0.211 e. The molecule has 0 aromatic rings. The first-order chi connectivity index (χ1) is 7.54. The van der Waals surface area contributed by atoms with Gasteiger partial charge in [-0.25, -0.2) is 9.59 Å². The molecule has 1 aliphatic rings. The largest absolute Gasteiger partial charge is 0.236 e. The summed E-state index contributed by atoms with van der Waals surface area (Å²) in [5.41, 5.74) is 0.637. The molecular formula is C12H20N2O2. The van der Waals surface area contributed by atoms with Gasteiger partial charge in [0.05, 0.1) is 0 Å². The van der Waals surface area contributed by atoms with Crippen LogP contribution in [0.3, 0.4) is 0 Å². The van der Waals surface area contributed by atoms with E-state index in [-0.39, 0.29) is 6.67 Å². The Balaban J connectivity index is 0.000000293. The maximum Gasteiger partial charge on any atom is 0.236 e. The summed E-state index contributed by atoms with van der Waals surface area (Å²) in [5.74, 6) is 0.950. The fourth-order valence-electron chi connectivity index (χ4n) is 1.76. The van der Waals surface area contributed by atoms with Crippen molar-refractivity contribution in [1.29, 1.82) is 0 Å². The summed E-state index contributed by atoms with van der Waals surface area (Å²) in [6.45, 7) is 7.03. The van der Waals surface area contributed by atoms with Crippen molar-refractivity contribution in [3.63, 3.8) is 0 Å². The summed E-state index contributed by atoms with van der Waals surface area (Å²) in [6.07, 6.45) is 8.22. The van der Waals surface area contributed by atoms with Gasteiger partial charge in [0.25, 0.3) is 0 Å². The molecule has 1 rings (SSSR count). The van der Waals surface area contributed by atoms with Crippen LogP contribution in [0, 0.1) is 11.3 Å². The van der Waals surface area contributed by atoms with Crippen molar-refractivity contribution in [3.05, 3.63) is 0 Å². The van der Waals surface area contributed by atoms with Crippen molar-refractivity contribution in [2.75, 3.05) is 6.67 Å². The maximum absolute atomic E-state index is 9.20. The Hall–Kier alpha value is -1.24. The van der Waals surface area contributed by atoms with Crippen molar-refractivity contribution in [2.24, 2.45) is 21.3 Å². The minimum absolute atomic E-state index is 0.160. The molecule has 4 heteroatoms. The Morgan fingerprint density at radius 2 is 1.75 bits per heavy atom. The highest BCUT2D eigenvalue weighted by Crippen LogP contribution is 2.39. The third kappa shape index (κ3) is 6.28. The number of rotatable bonds is 2. The third-order valence-corrected chi connectivity index (χ3v) is 3.31. The normalized spacial score (nSPS) is 21.8. The van der Waals surface area contributed by atoms with Crippen LogP contribution in [-0.2, 0) is 9.59 Å². The molecule has 0 saturated heterocycles. The lowest BCUT2D eigenvalue weighted by Crippen LogP contribution is -2.24. The number of hydrogen-bond acceptors (Lipinski definition) is 4. The van der Waals surface area contributed by atoms with Crippen molar-refractivity contribution in [3.8, 4) is 0 Å². The second-order valence-corrected chi connectivity index (χ2v) is 4.78. The number of hydrogen-bond donors (Lipinski definition) is 0. The molecule has 1 unspecified atom stereocenters.